The van der Waals surface area contributed by atoms with Gasteiger partial charge in [-0.25, -0.2) is 4.39 Å². The van der Waals surface area contributed by atoms with E-state index in [-0.39, 0.29) is 5.82 Å². The first-order chi connectivity index (χ1) is 13.2. The molecule has 0 spiro atoms. The zero-order valence-corrected chi connectivity index (χ0v) is 15.6. The van der Waals surface area contributed by atoms with Crippen LogP contribution < -0.4 is 9.47 Å². The molecule has 1 heterocycles. The molecule has 0 fully saturated rings. The van der Waals surface area contributed by atoms with Crippen LogP contribution in [0.5, 0.6) is 11.5 Å². The second kappa shape index (κ2) is 9.14. The first kappa shape index (κ1) is 18.9. The molecule has 5 heteroatoms. The number of nitrogens with zero attached hydrogens (tertiary/aromatic N) is 2. The van der Waals surface area contributed by atoms with Gasteiger partial charge in [0.25, 0.3) is 0 Å². The summed E-state index contributed by atoms with van der Waals surface area (Å²) < 4.78 is 24.4. The Morgan fingerprint density at radius 1 is 0.852 bits per heavy atom. The van der Waals surface area contributed by atoms with E-state index in [1.54, 1.807) is 38.7 Å². The lowest BCUT2D eigenvalue weighted by atomic mass is 10.1. The third-order valence-corrected chi connectivity index (χ3v) is 4.34. The smallest absolute Gasteiger partial charge is 0.127 e. The highest BCUT2D eigenvalue weighted by molar-refractivity contribution is 5.40. The maximum atomic E-state index is 13.6. The van der Waals surface area contributed by atoms with Gasteiger partial charge in [-0.1, -0.05) is 18.2 Å². The molecule has 2 aromatic carbocycles. The number of hydrogen-bond acceptors (Lipinski definition) is 4. The molecule has 0 bridgehead atoms. The molecule has 140 valence electrons. The Labute approximate surface area is 159 Å². The minimum Gasteiger partial charge on any atom is -0.497 e. The van der Waals surface area contributed by atoms with Crippen molar-refractivity contribution in [3.8, 4) is 11.5 Å². The van der Waals surface area contributed by atoms with Crippen LogP contribution >= 0.6 is 0 Å². The van der Waals surface area contributed by atoms with E-state index in [0.29, 0.717) is 19.6 Å². The van der Waals surface area contributed by atoms with Gasteiger partial charge in [-0.15, -0.1) is 0 Å². The van der Waals surface area contributed by atoms with E-state index in [0.717, 1.165) is 28.2 Å². The first-order valence-corrected chi connectivity index (χ1v) is 8.74. The number of halogens is 1. The van der Waals surface area contributed by atoms with E-state index in [9.17, 15) is 4.39 Å². The average Bonchev–Trinajstić information content (AvgIpc) is 2.69. The summed E-state index contributed by atoms with van der Waals surface area (Å²) in [6, 6.07) is 16.5. The number of ether oxygens (including phenoxy) is 2. The predicted octanol–water partition coefficient (Wildman–Crippen LogP) is 4.44. The van der Waals surface area contributed by atoms with Crippen molar-refractivity contribution in [1.82, 2.24) is 9.88 Å². The van der Waals surface area contributed by atoms with Crippen LogP contribution in [-0.4, -0.2) is 24.1 Å². The van der Waals surface area contributed by atoms with Crippen molar-refractivity contribution in [3.05, 3.63) is 89.5 Å². The molecule has 0 saturated carbocycles. The standard InChI is InChI=1S/C22H23FN2O2/c1-26-21-7-6-19(22(13-21)27-2)16-25(14-17-8-10-24-11-9-17)15-18-4-3-5-20(23)12-18/h3-13H,14-16H2,1-2H3. The molecule has 0 radical (unpaired) electrons. The molecular weight excluding hydrogens is 343 g/mol. The number of aromatic nitrogens is 1. The van der Waals surface area contributed by atoms with Gasteiger partial charge in [0.1, 0.15) is 17.3 Å². The Hall–Kier alpha value is -2.92. The van der Waals surface area contributed by atoms with Gasteiger partial charge in [0.05, 0.1) is 14.2 Å². The van der Waals surface area contributed by atoms with E-state index < -0.39 is 0 Å². The maximum Gasteiger partial charge on any atom is 0.127 e. The van der Waals surface area contributed by atoms with Gasteiger partial charge in [-0.3, -0.25) is 9.88 Å². The van der Waals surface area contributed by atoms with Crippen molar-refractivity contribution in [3.63, 3.8) is 0 Å². The summed E-state index contributed by atoms with van der Waals surface area (Å²) in [6.07, 6.45) is 3.56. The summed E-state index contributed by atoms with van der Waals surface area (Å²) in [5, 5.41) is 0. The molecule has 4 nitrogen and oxygen atoms in total. The zero-order valence-electron chi connectivity index (χ0n) is 15.6. The van der Waals surface area contributed by atoms with Gasteiger partial charge in [0, 0.05) is 43.7 Å². The monoisotopic (exact) mass is 366 g/mol. The molecule has 0 atom stereocenters. The lowest BCUT2D eigenvalue weighted by molar-refractivity contribution is 0.243. The minimum absolute atomic E-state index is 0.224. The zero-order chi connectivity index (χ0) is 19.1. The SMILES string of the molecule is COc1ccc(CN(Cc2ccncc2)Cc2cccc(F)c2)c(OC)c1. The van der Waals surface area contributed by atoms with E-state index in [2.05, 4.69) is 9.88 Å². The largest absolute Gasteiger partial charge is 0.497 e. The fourth-order valence-electron chi connectivity index (χ4n) is 3.03. The Morgan fingerprint density at radius 2 is 1.63 bits per heavy atom. The summed E-state index contributed by atoms with van der Waals surface area (Å²) in [5.74, 6) is 1.30. The molecule has 0 amide bonds. The highest BCUT2D eigenvalue weighted by Crippen LogP contribution is 2.27. The molecule has 27 heavy (non-hydrogen) atoms. The van der Waals surface area contributed by atoms with Gasteiger partial charge in [-0.2, -0.15) is 0 Å². The molecule has 0 N–H and O–H groups in total. The molecule has 0 aliphatic heterocycles. The summed E-state index contributed by atoms with van der Waals surface area (Å²) in [6.45, 7) is 2.00. The van der Waals surface area contributed by atoms with Crippen LogP contribution in [0.1, 0.15) is 16.7 Å². The van der Waals surface area contributed by atoms with Gasteiger partial charge >= 0.3 is 0 Å². The third kappa shape index (κ3) is 5.28. The summed E-state index contributed by atoms with van der Waals surface area (Å²) >= 11 is 0. The van der Waals surface area contributed by atoms with Crippen LogP contribution in [0.15, 0.2) is 67.0 Å². The third-order valence-electron chi connectivity index (χ3n) is 4.34. The van der Waals surface area contributed by atoms with Crippen molar-refractivity contribution in [2.75, 3.05) is 14.2 Å². The molecule has 1 aromatic heterocycles. The van der Waals surface area contributed by atoms with E-state index in [1.807, 2.05) is 36.4 Å². The quantitative estimate of drug-likeness (QED) is 0.590. The Bertz CT molecular complexity index is 871. The number of methoxy groups -OCH3 is 2. The highest BCUT2D eigenvalue weighted by Gasteiger charge is 2.13. The van der Waals surface area contributed by atoms with Crippen molar-refractivity contribution in [2.24, 2.45) is 0 Å². The van der Waals surface area contributed by atoms with E-state index in [4.69, 9.17) is 9.47 Å². The van der Waals surface area contributed by atoms with Crippen LogP contribution in [-0.2, 0) is 19.6 Å². The normalized spacial score (nSPS) is 10.8. The first-order valence-electron chi connectivity index (χ1n) is 8.74. The van der Waals surface area contributed by atoms with Crippen LogP contribution in [0.2, 0.25) is 0 Å². The van der Waals surface area contributed by atoms with E-state index in [1.165, 1.54) is 6.07 Å². The Balaban J connectivity index is 1.85. The molecule has 0 saturated heterocycles. The molecule has 3 aromatic rings. The molecule has 0 aliphatic rings. The topological polar surface area (TPSA) is 34.6 Å². The van der Waals surface area contributed by atoms with Gasteiger partial charge in [-0.05, 0) is 41.5 Å². The van der Waals surface area contributed by atoms with Crippen LogP contribution in [0.25, 0.3) is 0 Å². The van der Waals surface area contributed by atoms with Crippen LogP contribution in [0, 0.1) is 5.82 Å². The van der Waals surface area contributed by atoms with Gasteiger partial charge < -0.3 is 9.47 Å². The fourth-order valence-corrected chi connectivity index (χ4v) is 3.03. The van der Waals surface area contributed by atoms with Gasteiger partial charge in [0.15, 0.2) is 0 Å². The lowest BCUT2D eigenvalue weighted by Gasteiger charge is -2.24. The van der Waals surface area contributed by atoms with Crippen LogP contribution in [0.4, 0.5) is 4.39 Å². The number of rotatable bonds is 8. The summed E-state index contributed by atoms with van der Waals surface area (Å²) in [4.78, 5) is 6.32. The lowest BCUT2D eigenvalue weighted by Crippen LogP contribution is -2.23. The van der Waals surface area contributed by atoms with Gasteiger partial charge in [0.2, 0.25) is 0 Å². The average molecular weight is 366 g/mol. The summed E-state index contributed by atoms with van der Waals surface area (Å²) in [7, 11) is 3.28. The Kier molecular flexibility index (Phi) is 6.39. The molecule has 0 aliphatic carbocycles. The second-order valence-corrected chi connectivity index (χ2v) is 6.31. The second-order valence-electron chi connectivity index (χ2n) is 6.31. The number of benzene rings is 2. The van der Waals surface area contributed by atoms with Crippen molar-refractivity contribution in [1.29, 1.82) is 0 Å². The maximum absolute atomic E-state index is 13.6. The molecular formula is C22H23FN2O2. The van der Waals surface area contributed by atoms with Crippen molar-refractivity contribution < 1.29 is 13.9 Å². The number of pyridine rings is 1. The number of hydrogen-bond donors (Lipinski definition) is 0. The van der Waals surface area contributed by atoms with Crippen molar-refractivity contribution >= 4 is 0 Å². The predicted molar refractivity (Wildman–Crippen MR) is 103 cm³/mol. The molecule has 3 rings (SSSR count). The van der Waals surface area contributed by atoms with Crippen molar-refractivity contribution in [2.45, 2.75) is 19.6 Å². The highest BCUT2D eigenvalue weighted by atomic mass is 19.1. The van der Waals surface area contributed by atoms with Crippen LogP contribution in [0.3, 0.4) is 0 Å². The Morgan fingerprint density at radius 3 is 2.33 bits per heavy atom. The fraction of sp³-hybridized carbons (Fsp3) is 0.227. The van der Waals surface area contributed by atoms with E-state index >= 15 is 0 Å². The summed E-state index contributed by atoms with van der Waals surface area (Å²) in [5.41, 5.74) is 3.12. The molecule has 0 unspecified atom stereocenters. The minimum atomic E-state index is -0.224.